The minimum atomic E-state index is -0.460. The first-order chi connectivity index (χ1) is 11.2. The smallest absolute Gasteiger partial charge is 0.0940 e. The summed E-state index contributed by atoms with van der Waals surface area (Å²) >= 11 is 0. The highest BCUT2D eigenvalue weighted by Crippen LogP contribution is 2.15. The Balaban J connectivity index is 1.65. The van der Waals surface area contributed by atoms with Crippen LogP contribution in [-0.2, 0) is 6.54 Å². The maximum Gasteiger partial charge on any atom is 0.0940 e. The van der Waals surface area contributed by atoms with E-state index >= 15 is 0 Å². The van der Waals surface area contributed by atoms with Crippen molar-refractivity contribution in [3.8, 4) is 0 Å². The van der Waals surface area contributed by atoms with E-state index in [1.54, 1.807) is 0 Å². The van der Waals surface area contributed by atoms with Gasteiger partial charge in [-0.1, -0.05) is 60.7 Å². The molecule has 0 aromatic heterocycles. The first-order valence-corrected chi connectivity index (χ1v) is 8.35. The van der Waals surface area contributed by atoms with Crippen molar-refractivity contribution in [1.29, 1.82) is 0 Å². The summed E-state index contributed by atoms with van der Waals surface area (Å²) in [6, 6.07) is 20.4. The second kappa shape index (κ2) is 9.46. The predicted molar refractivity (Wildman–Crippen MR) is 96.3 cm³/mol. The summed E-state index contributed by atoms with van der Waals surface area (Å²) in [6.07, 6.45) is 0.605. The molecule has 0 heterocycles. The van der Waals surface area contributed by atoms with Gasteiger partial charge in [-0.2, -0.15) is 0 Å². The molecule has 0 spiro atoms. The van der Waals surface area contributed by atoms with Crippen LogP contribution in [0.2, 0.25) is 0 Å². The van der Waals surface area contributed by atoms with Crippen molar-refractivity contribution < 1.29 is 5.11 Å². The van der Waals surface area contributed by atoms with Crippen LogP contribution in [0.3, 0.4) is 0 Å². The van der Waals surface area contributed by atoms with Crippen molar-refractivity contribution in [2.24, 2.45) is 0 Å². The average molecular weight is 312 g/mol. The van der Waals surface area contributed by atoms with E-state index in [0.717, 1.165) is 31.6 Å². The number of aliphatic hydroxyl groups excluding tert-OH is 1. The molecule has 3 nitrogen and oxygen atoms in total. The van der Waals surface area contributed by atoms with Gasteiger partial charge in [-0.3, -0.25) is 0 Å². The highest BCUT2D eigenvalue weighted by Gasteiger charge is 2.14. The van der Waals surface area contributed by atoms with E-state index in [9.17, 15) is 5.11 Å². The third kappa shape index (κ3) is 6.14. The number of nitrogens with one attached hydrogen (secondary N) is 1. The third-order valence-corrected chi connectivity index (χ3v) is 4.09. The number of hydrogen-bond donors (Lipinski definition) is 2. The summed E-state index contributed by atoms with van der Waals surface area (Å²) in [6.45, 7) is 4.95. The quantitative estimate of drug-likeness (QED) is 0.698. The zero-order chi connectivity index (χ0) is 16.5. The molecule has 0 fully saturated rings. The number of nitrogens with zero attached hydrogens (tertiary/aromatic N) is 1. The van der Waals surface area contributed by atoms with Gasteiger partial charge in [0, 0.05) is 12.6 Å². The molecule has 0 radical (unpaired) electrons. The summed E-state index contributed by atoms with van der Waals surface area (Å²) in [5.41, 5.74) is 2.31. The fourth-order valence-electron chi connectivity index (χ4n) is 2.70. The monoisotopic (exact) mass is 312 g/mol. The minimum absolute atomic E-state index is 0.0526. The molecule has 0 aliphatic rings. The lowest BCUT2D eigenvalue weighted by molar-refractivity contribution is 0.135. The van der Waals surface area contributed by atoms with Gasteiger partial charge in [0.15, 0.2) is 0 Å². The molecular formula is C20H28N2O. The standard InChI is InChI=1S/C20H28N2O/c1-17(20(23)19-12-7-4-8-13-19)21-14-9-15-22(2)16-18-10-5-3-6-11-18/h3-8,10-13,17,20-21,23H,9,14-16H2,1-2H3. The Hall–Kier alpha value is -1.68. The molecule has 2 aromatic rings. The molecular weight excluding hydrogens is 284 g/mol. The molecule has 124 valence electrons. The largest absolute Gasteiger partial charge is 0.387 e. The number of rotatable bonds is 9. The zero-order valence-electron chi connectivity index (χ0n) is 14.2. The average Bonchev–Trinajstić information content (AvgIpc) is 2.59. The van der Waals surface area contributed by atoms with Gasteiger partial charge in [0.2, 0.25) is 0 Å². The number of aliphatic hydroxyl groups is 1. The fraction of sp³-hybridized carbons (Fsp3) is 0.400. The van der Waals surface area contributed by atoms with E-state index in [2.05, 4.69) is 41.5 Å². The summed E-state index contributed by atoms with van der Waals surface area (Å²) in [4.78, 5) is 2.33. The van der Waals surface area contributed by atoms with Crippen molar-refractivity contribution in [2.45, 2.75) is 32.0 Å². The van der Waals surface area contributed by atoms with Crippen molar-refractivity contribution in [3.05, 3.63) is 71.8 Å². The normalized spacial score (nSPS) is 13.9. The van der Waals surface area contributed by atoms with Crippen molar-refractivity contribution >= 4 is 0 Å². The van der Waals surface area contributed by atoms with Gasteiger partial charge in [-0.05, 0) is 44.6 Å². The second-order valence-electron chi connectivity index (χ2n) is 6.18. The Kier molecular flexibility index (Phi) is 7.27. The molecule has 3 heteroatoms. The molecule has 2 rings (SSSR count). The number of benzene rings is 2. The molecule has 2 atom stereocenters. The van der Waals surface area contributed by atoms with Gasteiger partial charge >= 0.3 is 0 Å². The summed E-state index contributed by atoms with van der Waals surface area (Å²) in [5, 5.41) is 13.7. The van der Waals surface area contributed by atoms with E-state index in [4.69, 9.17) is 0 Å². The molecule has 23 heavy (non-hydrogen) atoms. The maximum atomic E-state index is 10.3. The summed E-state index contributed by atoms with van der Waals surface area (Å²) in [5.74, 6) is 0. The van der Waals surface area contributed by atoms with E-state index in [1.807, 2.05) is 43.3 Å². The lowest BCUT2D eigenvalue weighted by atomic mass is 10.0. The van der Waals surface area contributed by atoms with Crippen LogP contribution in [0.5, 0.6) is 0 Å². The fourth-order valence-corrected chi connectivity index (χ4v) is 2.70. The van der Waals surface area contributed by atoms with E-state index in [1.165, 1.54) is 5.56 Å². The molecule has 2 N–H and O–H groups in total. The summed E-state index contributed by atoms with van der Waals surface area (Å²) < 4.78 is 0. The first kappa shape index (κ1) is 17.7. The van der Waals surface area contributed by atoms with Gasteiger partial charge < -0.3 is 15.3 Å². The van der Waals surface area contributed by atoms with Gasteiger partial charge in [0.05, 0.1) is 6.10 Å². The zero-order valence-corrected chi connectivity index (χ0v) is 14.2. The highest BCUT2D eigenvalue weighted by atomic mass is 16.3. The van der Waals surface area contributed by atoms with Crippen LogP contribution in [0, 0.1) is 0 Å². The molecule has 0 aliphatic heterocycles. The van der Waals surface area contributed by atoms with Crippen LogP contribution >= 0.6 is 0 Å². The van der Waals surface area contributed by atoms with Crippen molar-refractivity contribution in [2.75, 3.05) is 20.1 Å². The molecule has 0 saturated carbocycles. The van der Waals surface area contributed by atoms with E-state index in [-0.39, 0.29) is 6.04 Å². The van der Waals surface area contributed by atoms with Crippen LogP contribution in [0.4, 0.5) is 0 Å². The molecule has 2 unspecified atom stereocenters. The van der Waals surface area contributed by atoms with Crippen LogP contribution in [-0.4, -0.2) is 36.2 Å². The van der Waals surface area contributed by atoms with Crippen molar-refractivity contribution in [3.63, 3.8) is 0 Å². The predicted octanol–water partition coefficient (Wildman–Crippen LogP) is 3.22. The second-order valence-corrected chi connectivity index (χ2v) is 6.18. The lowest BCUT2D eigenvalue weighted by Crippen LogP contribution is -2.34. The Morgan fingerprint density at radius 3 is 2.26 bits per heavy atom. The first-order valence-electron chi connectivity index (χ1n) is 8.35. The number of hydrogen-bond acceptors (Lipinski definition) is 3. The Bertz CT molecular complexity index is 544. The molecule has 2 aromatic carbocycles. The summed E-state index contributed by atoms with van der Waals surface area (Å²) in [7, 11) is 2.15. The van der Waals surface area contributed by atoms with Crippen molar-refractivity contribution in [1.82, 2.24) is 10.2 Å². The van der Waals surface area contributed by atoms with E-state index < -0.39 is 6.10 Å². The van der Waals surface area contributed by atoms with Gasteiger partial charge in [0.25, 0.3) is 0 Å². The Morgan fingerprint density at radius 2 is 1.61 bits per heavy atom. The van der Waals surface area contributed by atoms with Gasteiger partial charge in [-0.25, -0.2) is 0 Å². The van der Waals surface area contributed by atoms with Gasteiger partial charge in [0.1, 0.15) is 0 Å². The van der Waals surface area contributed by atoms with Crippen LogP contribution in [0.1, 0.15) is 30.6 Å². The maximum absolute atomic E-state index is 10.3. The van der Waals surface area contributed by atoms with Crippen LogP contribution < -0.4 is 5.32 Å². The van der Waals surface area contributed by atoms with Gasteiger partial charge in [-0.15, -0.1) is 0 Å². The third-order valence-electron chi connectivity index (χ3n) is 4.09. The molecule has 0 aliphatic carbocycles. The van der Waals surface area contributed by atoms with E-state index in [0.29, 0.717) is 0 Å². The SMILES string of the molecule is CC(NCCCN(C)Cc1ccccc1)C(O)c1ccccc1. The van der Waals surface area contributed by atoms with Crippen LogP contribution in [0.15, 0.2) is 60.7 Å². The lowest BCUT2D eigenvalue weighted by Gasteiger charge is -2.22. The minimum Gasteiger partial charge on any atom is -0.387 e. The molecule has 0 saturated heterocycles. The van der Waals surface area contributed by atoms with Crippen LogP contribution in [0.25, 0.3) is 0 Å². The molecule has 0 amide bonds. The Morgan fingerprint density at radius 1 is 1.00 bits per heavy atom. The topological polar surface area (TPSA) is 35.5 Å². The Labute approximate surface area is 140 Å². The highest BCUT2D eigenvalue weighted by molar-refractivity contribution is 5.18. The molecule has 0 bridgehead atoms.